The van der Waals surface area contributed by atoms with Crippen LogP contribution < -0.4 is 5.32 Å². The molecule has 4 rings (SSSR count). The largest absolute Gasteiger partial charge is 0.480 e. The second kappa shape index (κ2) is 10.6. The summed E-state index contributed by atoms with van der Waals surface area (Å²) in [5.74, 6) is -3.99. The average Bonchev–Trinajstić information content (AvgIpc) is 3.15. The molecule has 0 bridgehead atoms. The first kappa shape index (κ1) is 29.1. The summed E-state index contributed by atoms with van der Waals surface area (Å²) in [5, 5.41) is 31.6. The highest BCUT2D eigenvalue weighted by Gasteiger charge is 2.68. The fourth-order valence-electron chi connectivity index (χ4n) is 7.85. The molecule has 3 saturated carbocycles. The predicted molar refractivity (Wildman–Crippen MR) is 134 cm³/mol. The van der Waals surface area contributed by atoms with Crippen molar-refractivity contribution >= 4 is 35.2 Å². The average molecular weight is 548 g/mol. The number of aliphatic hydroxyl groups excluding tert-OH is 1. The number of carboxylic acids is 1. The maximum Gasteiger partial charge on any atom is 0.328 e. The van der Waals surface area contributed by atoms with Crippen molar-refractivity contribution in [1.82, 2.24) is 5.32 Å². The molecule has 0 aromatic rings. The number of ether oxygens (including phenoxy) is 1. The number of allylic oxidation sites excluding steroid dienone is 1. The molecule has 0 unspecified atom stereocenters. The van der Waals surface area contributed by atoms with Crippen LogP contribution in [0, 0.1) is 28.6 Å². The quantitative estimate of drug-likeness (QED) is 0.302. The van der Waals surface area contributed by atoms with E-state index < -0.39 is 66.7 Å². The zero-order chi connectivity index (χ0) is 28.8. The number of esters is 1. The molecular formula is C28H37NO10. The smallest absolute Gasteiger partial charge is 0.328 e. The van der Waals surface area contributed by atoms with Crippen LogP contribution in [-0.2, 0) is 33.5 Å². The van der Waals surface area contributed by atoms with Crippen LogP contribution in [0.1, 0.15) is 71.6 Å². The first-order chi connectivity index (χ1) is 18.3. The number of ketones is 3. The molecule has 214 valence electrons. The summed E-state index contributed by atoms with van der Waals surface area (Å²) in [6, 6.07) is -1.49. The predicted octanol–water partition coefficient (Wildman–Crippen LogP) is 0.883. The Balaban J connectivity index is 1.39. The van der Waals surface area contributed by atoms with Crippen molar-refractivity contribution in [2.45, 2.75) is 83.3 Å². The van der Waals surface area contributed by atoms with Gasteiger partial charge < -0.3 is 25.4 Å². The summed E-state index contributed by atoms with van der Waals surface area (Å²) in [7, 11) is 0. The molecule has 0 spiro atoms. The van der Waals surface area contributed by atoms with Gasteiger partial charge in [-0.2, -0.15) is 0 Å². The van der Waals surface area contributed by atoms with Crippen LogP contribution in [0.15, 0.2) is 11.6 Å². The number of carboxylic acid groups (broad SMARTS) is 1. The summed E-state index contributed by atoms with van der Waals surface area (Å²) in [5.41, 5.74) is -2.20. The third-order valence-electron chi connectivity index (χ3n) is 10.0. The van der Waals surface area contributed by atoms with Gasteiger partial charge in [-0.05, 0) is 55.4 Å². The Morgan fingerprint density at radius 2 is 1.82 bits per heavy atom. The molecule has 11 heteroatoms. The number of hydrogen-bond acceptors (Lipinski definition) is 9. The first-order valence-corrected chi connectivity index (χ1v) is 13.6. The number of carbonyl (C=O) groups excluding carboxylic acids is 5. The number of rotatable bonds is 9. The lowest BCUT2D eigenvalue weighted by Gasteiger charge is -2.57. The van der Waals surface area contributed by atoms with Crippen molar-refractivity contribution in [1.29, 1.82) is 0 Å². The molecule has 4 N–H and O–H groups in total. The zero-order valence-corrected chi connectivity index (χ0v) is 22.4. The van der Waals surface area contributed by atoms with E-state index in [1.807, 2.05) is 0 Å². The minimum absolute atomic E-state index is 0.000115. The van der Waals surface area contributed by atoms with Crippen LogP contribution in [0.5, 0.6) is 0 Å². The van der Waals surface area contributed by atoms with Crippen LogP contribution >= 0.6 is 0 Å². The van der Waals surface area contributed by atoms with Gasteiger partial charge in [0, 0.05) is 30.6 Å². The molecule has 0 aromatic carbocycles. The highest BCUT2D eigenvalue weighted by Crippen LogP contribution is 2.66. The minimum Gasteiger partial charge on any atom is -0.480 e. The number of aliphatic carboxylic acids is 1. The molecule has 0 heterocycles. The van der Waals surface area contributed by atoms with Crippen LogP contribution in [0.4, 0.5) is 0 Å². The van der Waals surface area contributed by atoms with Crippen molar-refractivity contribution in [3.8, 4) is 0 Å². The number of hydrogen-bond donors (Lipinski definition) is 4. The van der Waals surface area contributed by atoms with Crippen molar-refractivity contribution < 1.29 is 48.8 Å². The Bertz CT molecular complexity index is 1130. The molecule has 4 aliphatic rings. The van der Waals surface area contributed by atoms with E-state index in [0.717, 1.165) is 5.57 Å². The van der Waals surface area contributed by atoms with E-state index in [-0.39, 0.29) is 47.6 Å². The minimum atomic E-state index is -1.84. The second-order valence-electron chi connectivity index (χ2n) is 12.0. The van der Waals surface area contributed by atoms with Gasteiger partial charge in [0.05, 0.1) is 13.0 Å². The summed E-state index contributed by atoms with van der Waals surface area (Å²) >= 11 is 0. The topological polar surface area (TPSA) is 184 Å². The van der Waals surface area contributed by atoms with Crippen LogP contribution in [0.2, 0.25) is 0 Å². The van der Waals surface area contributed by atoms with Gasteiger partial charge in [-0.15, -0.1) is 0 Å². The normalized spacial score (nSPS) is 36.1. The van der Waals surface area contributed by atoms with Crippen molar-refractivity contribution in [2.75, 3.05) is 13.2 Å². The summed E-state index contributed by atoms with van der Waals surface area (Å²) < 4.78 is 5.05. The lowest BCUT2D eigenvalue weighted by atomic mass is 9.46. The molecule has 0 aliphatic heterocycles. The van der Waals surface area contributed by atoms with E-state index in [1.165, 1.54) is 0 Å². The van der Waals surface area contributed by atoms with E-state index in [1.54, 1.807) is 13.0 Å². The number of amides is 1. The Hall–Kier alpha value is -2.92. The molecule has 7 atom stereocenters. The lowest BCUT2D eigenvalue weighted by Crippen LogP contribution is -2.61. The molecule has 4 aliphatic carbocycles. The summed E-state index contributed by atoms with van der Waals surface area (Å²) in [4.78, 5) is 73.9. The Morgan fingerprint density at radius 3 is 2.49 bits per heavy atom. The fourth-order valence-corrected chi connectivity index (χ4v) is 7.85. The maximum absolute atomic E-state index is 13.7. The van der Waals surface area contributed by atoms with E-state index in [0.29, 0.717) is 32.1 Å². The van der Waals surface area contributed by atoms with Crippen LogP contribution in [0.25, 0.3) is 0 Å². The number of fused-ring (bicyclic) bond motifs is 5. The van der Waals surface area contributed by atoms with Crippen molar-refractivity contribution in [3.05, 3.63) is 11.6 Å². The molecule has 0 radical (unpaired) electrons. The lowest BCUT2D eigenvalue weighted by molar-refractivity contribution is -0.173. The number of aliphatic hydroxyl groups is 2. The van der Waals surface area contributed by atoms with Crippen LogP contribution in [-0.4, -0.2) is 75.4 Å². The fraction of sp³-hybridized carbons (Fsp3) is 0.714. The second-order valence-corrected chi connectivity index (χ2v) is 12.0. The van der Waals surface area contributed by atoms with Crippen LogP contribution in [0.3, 0.4) is 0 Å². The Labute approximate surface area is 226 Å². The molecular weight excluding hydrogens is 510 g/mol. The first-order valence-electron chi connectivity index (χ1n) is 13.6. The molecule has 1 amide bonds. The van der Waals surface area contributed by atoms with Gasteiger partial charge in [-0.3, -0.25) is 24.0 Å². The van der Waals surface area contributed by atoms with Gasteiger partial charge in [-0.1, -0.05) is 19.4 Å². The van der Waals surface area contributed by atoms with Gasteiger partial charge >= 0.3 is 11.9 Å². The monoisotopic (exact) mass is 547 g/mol. The standard InChI is InChI=1S/C28H37NO10/c1-26-9-7-16(31)11-15(26)3-4-17-18-8-10-28(38,27(18,2)12-20(32)24(17)26)21(33)14-39-23(35)6-5-22(34)29-19(13-30)25(36)37/h11,17-19,24,30,38H,3-10,12-14H2,1-2H3,(H,29,34)(H,36,37)/t17-,18-,19+,24+,26-,27-,28-/m0/s1. The molecule has 3 fully saturated rings. The van der Waals surface area contributed by atoms with Gasteiger partial charge in [0.2, 0.25) is 11.7 Å². The van der Waals surface area contributed by atoms with E-state index in [4.69, 9.17) is 14.9 Å². The zero-order valence-electron chi connectivity index (χ0n) is 22.4. The van der Waals surface area contributed by atoms with Gasteiger partial charge in [-0.25, -0.2) is 4.79 Å². The molecule has 11 nitrogen and oxygen atoms in total. The van der Waals surface area contributed by atoms with Gasteiger partial charge in [0.15, 0.2) is 12.4 Å². The van der Waals surface area contributed by atoms with E-state index in [9.17, 15) is 33.9 Å². The maximum atomic E-state index is 13.7. The Morgan fingerprint density at radius 1 is 1.10 bits per heavy atom. The molecule has 39 heavy (non-hydrogen) atoms. The van der Waals surface area contributed by atoms with Gasteiger partial charge in [0.25, 0.3) is 0 Å². The molecule has 0 aromatic heterocycles. The van der Waals surface area contributed by atoms with Gasteiger partial charge in [0.1, 0.15) is 17.4 Å². The SMILES string of the molecule is C[C@]12CCC(=O)C=C1CC[C@@H]1[C@@H]2C(=O)C[C@@]2(C)[C@H]1CC[C@]2(O)C(=O)COC(=O)CCC(=O)N[C@H](CO)C(=O)O. The number of nitrogens with one attached hydrogen (secondary N) is 1. The highest BCUT2D eigenvalue weighted by molar-refractivity contribution is 5.95. The third kappa shape index (κ3) is 4.95. The van der Waals surface area contributed by atoms with E-state index in [2.05, 4.69) is 12.2 Å². The van der Waals surface area contributed by atoms with E-state index >= 15 is 0 Å². The number of carbonyl (C=O) groups is 6. The van der Waals surface area contributed by atoms with Crippen molar-refractivity contribution in [2.24, 2.45) is 28.6 Å². The Kier molecular flexibility index (Phi) is 7.88. The highest BCUT2D eigenvalue weighted by atomic mass is 16.5. The molecule has 0 saturated heterocycles. The van der Waals surface area contributed by atoms with Crippen molar-refractivity contribution in [3.63, 3.8) is 0 Å². The summed E-state index contributed by atoms with van der Waals surface area (Å²) in [6.07, 6.45) is 4.10. The number of Topliss-reactive ketones (excluding diaryl/α,β-unsaturated/α-hetero) is 2. The summed E-state index contributed by atoms with van der Waals surface area (Å²) in [6.45, 7) is 2.34. The third-order valence-corrected chi connectivity index (χ3v) is 10.0.